The Morgan fingerprint density at radius 1 is 1.19 bits per heavy atom. The second-order valence-corrected chi connectivity index (χ2v) is 12.3. The summed E-state index contributed by atoms with van der Waals surface area (Å²) in [6, 6.07) is 0.329. The predicted molar refractivity (Wildman–Crippen MR) is 136 cm³/mol. The van der Waals surface area contributed by atoms with E-state index < -0.39 is 43.8 Å². The van der Waals surface area contributed by atoms with Crippen LogP contribution in [0.15, 0.2) is 6.20 Å². The maximum absolute atomic E-state index is 13.7. The van der Waals surface area contributed by atoms with Crippen LogP contribution in [0.1, 0.15) is 59.6 Å². The van der Waals surface area contributed by atoms with Crippen LogP contribution in [-0.2, 0) is 32.6 Å². The Balaban J connectivity index is 1.52. The Kier molecular flexibility index (Phi) is 7.83. The van der Waals surface area contributed by atoms with Crippen LogP contribution in [0.4, 0.5) is 5.82 Å². The lowest BCUT2D eigenvalue weighted by Crippen LogP contribution is -2.40. The summed E-state index contributed by atoms with van der Waals surface area (Å²) in [6.07, 6.45) is 3.37. The minimum absolute atomic E-state index is 0.0942. The SMILES string of the molecule is CCOP(=O)(OCC)C(OC)[C@@H]1O[C@@H](n2ncc3c(NC4CCCC4)nc(Cl)nc32)[C@@H]2OC(C)(C)O[C@H]21. The van der Waals surface area contributed by atoms with E-state index in [1.54, 1.807) is 24.7 Å². The normalized spacial score (nSPS) is 28.7. The summed E-state index contributed by atoms with van der Waals surface area (Å²) < 4.78 is 51.1. The zero-order valence-corrected chi connectivity index (χ0v) is 23.4. The molecule has 0 aromatic carbocycles. The fourth-order valence-electron chi connectivity index (χ4n) is 5.48. The van der Waals surface area contributed by atoms with E-state index in [2.05, 4.69) is 20.4 Å². The molecule has 3 fully saturated rings. The van der Waals surface area contributed by atoms with Gasteiger partial charge in [0.25, 0.3) is 0 Å². The highest BCUT2D eigenvalue weighted by molar-refractivity contribution is 7.54. The van der Waals surface area contributed by atoms with Crippen molar-refractivity contribution in [2.45, 2.75) is 95.6 Å². The molecule has 2 aliphatic heterocycles. The van der Waals surface area contributed by atoms with E-state index in [0.29, 0.717) is 17.5 Å². The highest BCUT2D eigenvalue weighted by Crippen LogP contribution is 2.58. The van der Waals surface area contributed by atoms with Gasteiger partial charge in [0, 0.05) is 13.2 Å². The van der Waals surface area contributed by atoms with Crippen molar-refractivity contribution in [1.29, 1.82) is 0 Å². The third kappa shape index (κ3) is 5.15. The number of nitrogens with one attached hydrogen (secondary N) is 1. The molecule has 0 amide bonds. The van der Waals surface area contributed by atoms with Gasteiger partial charge in [0.05, 0.1) is 24.8 Å². The number of fused-ring (bicyclic) bond motifs is 2. The summed E-state index contributed by atoms with van der Waals surface area (Å²) in [4.78, 5) is 8.89. The minimum atomic E-state index is -3.72. The number of hydrogen-bond donors (Lipinski definition) is 1. The Bertz CT molecular complexity index is 1150. The highest BCUT2D eigenvalue weighted by atomic mass is 35.5. The van der Waals surface area contributed by atoms with Crippen molar-refractivity contribution in [2.24, 2.45) is 0 Å². The Hall–Kier alpha value is -1.37. The summed E-state index contributed by atoms with van der Waals surface area (Å²) in [7, 11) is -2.28. The molecule has 206 valence electrons. The second-order valence-electron chi connectivity index (χ2n) is 9.85. The molecule has 2 saturated heterocycles. The zero-order chi connectivity index (χ0) is 26.4. The molecule has 5 atom stereocenters. The first kappa shape index (κ1) is 27.2. The molecule has 1 saturated carbocycles. The van der Waals surface area contributed by atoms with E-state index in [4.69, 9.17) is 39.6 Å². The number of methoxy groups -OCH3 is 1. The number of aromatic nitrogens is 4. The topological polar surface area (TPSA) is 128 Å². The van der Waals surface area contributed by atoms with Gasteiger partial charge in [-0.25, -0.2) is 4.68 Å². The molecule has 0 radical (unpaired) electrons. The molecule has 5 rings (SSSR count). The van der Waals surface area contributed by atoms with Crippen LogP contribution in [-0.4, -0.2) is 76.1 Å². The Morgan fingerprint density at radius 2 is 1.86 bits per heavy atom. The third-order valence-electron chi connectivity index (χ3n) is 6.88. The number of hydrogen-bond acceptors (Lipinski definition) is 11. The average molecular weight is 560 g/mol. The van der Waals surface area contributed by atoms with Gasteiger partial charge >= 0.3 is 7.60 Å². The van der Waals surface area contributed by atoms with Crippen LogP contribution in [0.25, 0.3) is 11.0 Å². The van der Waals surface area contributed by atoms with E-state index in [9.17, 15) is 4.57 Å². The van der Waals surface area contributed by atoms with Gasteiger partial charge in [-0.3, -0.25) is 4.57 Å². The maximum atomic E-state index is 13.7. The van der Waals surface area contributed by atoms with E-state index in [0.717, 1.165) is 18.2 Å². The molecular weight excluding hydrogens is 525 g/mol. The van der Waals surface area contributed by atoms with Gasteiger partial charge in [-0.05, 0) is 52.1 Å². The molecule has 14 heteroatoms. The van der Waals surface area contributed by atoms with Crippen molar-refractivity contribution in [3.05, 3.63) is 11.5 Å². The summed E-state index contributed by atoms with van der Waals surface area (Å²) >= 11 is 6.34. The van der Waals surface area contributed by atoms with Crippen molar-refractivity contribution in [2.75, 3.05) is 25.6 Å². The van der Waals surface area contributed by atoms with Crippen molar-refractivity contribution in [1.82, 2.24) is 19.7 Å². The number of anilines is 1. The standard InChI is InChI=1S/C23H35ClN5O7P/c1-6-32-37(30,33-7-2)21(31-5)17-15-16(36-23(3,4)35-15)20(34-17)29-19-14(12-25-29)18(27-22(24)28-19)26-13-10-8-9-11-13/h12-13,15-17,20-21H,6-11H2,1-5H3,(H,26,27,28)/t15-,16-,17-,20-,21?/m1/s1. The minimum Gasteiger partial charge on any atom is -0.367 e. The van der Waals surface area contributed by atoms with Crippen molar-refractivity contribution in [3.63, 3.8) is 0 Å². The van der Waals surface area contributed by atoms with Crippen molar-refractivity contribution in [3.8, 4) is 0 Å². The first-order valence-electron chi connectivity index (χ1n) is 12.8. The first-order valence-corrected chi connectivity index (χ1v) is 14.8. The maximum Gasteiger partial charge on any atom is 0.361 e. The third-order valence-corrected chi connectivity index (χ3v) is 9.41. The van der Waals surface area contributed by atoms with Gasteiger partial charge in [0.15, 0.2) is 23.5 Å². The number of halogens is 1. The molecule has 4 heterocycles. The molecule has 1 unspecified atom stereocenters. The van der Waals surface area contributed by atoms with E-state index in [1.807, 2.05) is 13.8 Å². The van der Waals surface area contributed by atoms with Crippen LogP contribution in [0.2, 0.25) is 5.28 Å². The molecule has 12 nitrogen and oxygen atoms in total. The van der Waals surface area contributed by atoms with Crippen LogP contribution in [0.5, 0.6) is 0 Å². The molecule has 37 heavy (non-hydrogen) atoms. The largest absolute Gasteiger partial charge is 0.367 e. The molecule has 2 aromatic heterocycles. The molecule has 0 bridgehead atoms. The lowest BCUT2D eigenvalue weighted by Gasteiger charge is -2.32. The molecule has 1 aliphatic carbocycles. The predicted octanol–water partition coefficient (Wildman–Crippen LogP) is 4.49. The van der Waals surface area contributed by atoms with Gasteiger partial charge in [-0.1, -0.05) is 12.8 Å². The lowest BCUT2D eigenvalue weighted by molar-refractivity contribution is -0.205. The first-order chi connectivity index (χ1) is 17.7. The lowest BCUT2D eigenvalue weighted by atomic mass is 10.1. The molecular formula is C23H35ClN5O7P. The summed E-state index contributed by atoms with van der Waals surface area (Å²) in [5, 5.41) is 8.91. The van der Waals surface area contributed by atoms with Gasteiger partial charge < -0.3 is 33.3 Å². The second kappa shape index (κ2) is 10.7. The smallest absolute Gasteiger partial charge is 0.361 e. The van der Waals surface area contributed by atoms with E-state index in [-0.39, 0.29) is 18.5 Å². The van der Waals surface area contributed by atoms with Crippen LogP contribution in [0.3, 0.4) is 0 Å². The average Bonchev–Trinajstić information content (AvgIpc) is 3.60. The fraction of sp³-hybridized carbons (Fsp3) is 0.783. The van der Waals surface area contributed by atoms with Gasteiger partial charge in [-0.15, -0.1) is 0 Å². The number of nitrogens with zero attached hydrogens (tertiary/aromatic N) is 4. The summed E-state index contributed by atoms with van der Waals surface area (Å²) in [5.74, 6) is -1.34. The van der Waals surface area contributed by atoms with E-state index >= 15 is 0 Å². The Morgan fingerprint density at radius 3 is 2.51 bits per heavy atom. The van der Waals surface area contributed by atoms with Crippen molar-refractivity contribution < 1.29 is 32.6 Å². The Labute approximate surface area is 221 Å². The van der Waals surface area contributed by atoms with Crippen LogP contribution in [0, 0.1) is 0 Å². The summed E-state index contributed by atoms with van der Waals surface area (Å²) in [5.41, 5.74) is 0.491. The van der Waals surface area contributed by atoms with Crippen LogP contribution >= 0.6 is 19.2 Å². The molecule has 3 aliphatic rings. The fourth-order valence-corrected chi connectivity index (χ4v) is 7.59. The quantitative estimate of drug-likeness (QED) is 0.326. The van der Waals surface area contributed by atoms with E-state index in [1.165, 1.54) is 20.0 Å². The van der Waals surface area contributed by atoms with Crippen LogP contribution < -0.4 is 5.32 Å². The summed E-state index contributed by atoms with van der Waals surface area (Å²) in [6.45, 7) is 7.48. The molecule has 2 aromatic rings. The monoisotopic (exact) mass is 559 g/mol. The molecule has 0 spiro atoms. The molecule has 1 N–H and O–H groups in total. The number of ether oxygens (including phenoxy) is 4. The van der Waals surface area contributed by atoms with Gasteiger partial charge in [-0.2, -0.15) is 15.1 Å². The highest BCUT2D eigenvalue weighted by Gasteiger charge is 2.62. The zero-order valence-electron chi connectivity index (χ0n) is 21.8. The van der Waals surface area contributed by atoms with Gasteiger partial charge in [0.1, 0.15) is 24.1 Å². The van der Waals surface area contributed by atoms with Crippen molar-refractivity contribution >= 4 is 36.0 Å². The van der Waals surface area contributed by atoms with Gasteiger partial charge in [0.2, 0.25) is 5.28 Å². The number of rotatable bonds is 10.